The predicted octanol–water partition coefficient (Wildman–Crippen LogP) is 0.749. The second-order valence-corrected chi connectivity index (χ2v) is 1.74. The van der Waals surface area contributed by atoms with Gasteiger partial charge < -0.3 is 4.52 Å². The van der Waals surface area contributed by atoms with Crippen LogP contribution in [-0.2, 0) is 0 Å². The summed E-state index contributed by atoms with van der Waals surface area (Å²) < 4.78 is 4.40. The highest BCUT2D eigenvalue weighted by Gasteiger charge is 2.10. The zero-order valence-electron chi connectivity index (χ0n) is 5.29. The van der Waals surface area contributed by atoms with Crippen LogP contribution in [0, 0.1) is 11.3 Å². The minimum Gasteiger partial charge on any atom is -0.363 e. The molecule has 4 nitrogen and oxygen atoms in total. The van der Waals surface area contributed by atoms with Gasteiger partial charge in [-0.05, 0) is 0 Å². The summed E-state index contributed by atoms with van der Waals surface area (Å²) in [6.45, 7) is 1.33. The fourth-order valence-corrected chi connectivity index (χ4v) is 0.570. The van der Waals surface area contributed by atoms with E-state index < -0.39 is 0 Å². The number of nitriles is 1. The summed E-state index contributed by atoms with van der Waals surface area (Å²) in [6, 6.07) is 1.78. The number of rotatable bonds is 1. The van der Waals surface area contributed by atoms with Crippen molar-refractivity contribution in [2.75, 3.05) is 0 Å². The lowest BCUT2D eigenvalue weighted by Gasteiger charge is -1.81. The van der Waals surface area contributed by atoms with E-state index >= 15 is 0 Å². The van der Waals surface area contributed by atoms with Crippen molar-refractivity contribution in [3.8, 4) is 6.07 Å². The van der Waals surface area contributed by atoms with Crippen LogP contribution in [0.3, 0.4) is 0 Å². The van der Waals surface area contributed by atoms with E-state index in [2.05, 4.69) is 9.68 Å². The molecule has 0 saturated heterocycles. The Morgan fingerprint density at radius 3 is 3.00 bits per heavy atom. The van der Waals surface area contributed by atoms with E-state index in [9.17, 15) is 4.79 Å². The lowest BCUT2D eigenvalue weighted by Crippen LogP contribution is -1.94. The first-order valence-corrected chi connectivity index (χ1v) is 2.61. The number of carbonyl (C=O) groups is 1. The summed E-state index contributed by atoms with van der Waals surface area (Å²) in [5.74, 6) is -0.259. The van der Waals surface area contributed by atoms with Crippen molar-refractivity contribution in [2.24, 2.45) is 0 Å². The van der Waals surface area contributed by atoms with Crippen molar-refractivity contribution in [1.82, 2.24) is 5.16 Å². The number of aromatic nitrogens is 1. The average molecular weight is 136 g/mol. The Balaban J connectivity index is 3.17. The van der Waals surface area contributed by atoms with Gasteiger partial charge in [0.15, 0.2) is 11.5 Å². The molecule has 0 amide bonds. The van der Waals surface area contributed by atoms with E-state index in [-0.39, 0.29) is 17.0 Å². The van der Waals surface area contributed by atoms with E-state index in [4.69, 9.17) is 5.26 Å². The maximum absolute atomic E-state index is 10.6. The van der Waals surface area contributed by atoms with Crippen molar-refractivity contribution in [1.29, 1.82) is 5.26 Å². The van der Waals surface area contributed by atoms with Crippen LogP contribution in [0.2, 0.25) is 0 Å². The summed E-state index contributed by atoms with van der Waals surface area (Å²) >= 11 is 0. The summed E-state index contributed by atoms with van der Waals surface area (Å²) in [7, 11) is 0. The molecule has 1 heterocycles. The SMILES string of the molecule is CC(=O)c1nocc1C#N. The van der Waals surface area contributed by atoms with Crippen molar-refractivity contribution in [3.05, 3.63) is 17.5 Å². The maximum atomic E-state index is 10.6. The van der Waals surface area contributed by atoms with Crippen LogP contribution in [0.5, 0.6) is 0 Å². The maximum Gasteiger partial charge on any atom is 0.183 e. The van der Waals surface area contributed by atoms with Gasteiger partial charge in [0, 0.05) is 6.92 Å². The molecule has 0 bridgehead atoms. The number of hydrogen-bond acceptors (Lipinski definition) is 4. The summed E-state index contributed by atoms with van der Waals surface area (Å²) in [6.07, 6.45) is 1.15. The molecule has 0 atom stereocenters. The molecule has 0 N–H and O–H groups in total. The van der Waals surface area contributed by atoms with Gasteiger partial charge in [-0.3, -0.25) is 4.79 Å². The topological polar surface area (TPSA) is 66.9 Å². The fraction of sp³-hybridized carbons (Fsp3) is 0.167. The van der Waals surface area contributed by atoms with Gasteiger partial charge >= 0.3 is 0 Å². The Morgan fingerprint density at radius 2 is 2.60 bits per heavy atom. The Kier molecular flexibility index (Phi) is 1.50. The van der Waals surface area contributed by atoms with Gasteiger partial charge in [0.05, 0.1) is 0 Å². The summed E-state index contributed by atoms with van der Waals surface area (Å²) in [5, 5.41) is 11.7. The van der Waals surface area contributed by atoms with Crippen molar-refractivity contribution < 1.29 is 9.32 Å². The molecule has 0 aliphatic carbocycles. The molecule has 50 valence electrons. The number of hydrogen-bond donors (Lipinski definition) is 0. The van der Waals surface area contributed by atoms with E-state index in [0.29, 0.717) is 0 Å². The van der Waals surface area contributed by atoms with Gasteiger partial charge in [0.1, 0.15) is 17.9 Å². The molecule has 0 fully saturated rings. The molecule has 0 aliphatic heterocycles. The first-order valence-electron chi connectivity index (χ1n) is 2.61. The third kappa shape index (κ3) is 0.890. The monoisotopic (exact) mass is 136 g/mol. The third-order valence-corrected chi connectivity index (χ3v) is 1.02. The van der Waals surface area contributed by atoms with E-state index in [1.807, 2.05) is 0 Å². The number of ketones is 1. The molecule has 0 unspecified atom stereocenters. The third-order valence-electron chi connectivity index (χ3n) is 1.02. The van der Waals surface area contributed by atoms with Crippen LogP contribution in [0.25, 0.3) is 0 Å². The van der Waals surface area contributed by atoms with E-state index in [1.165, 1.54) is 6.92 Å². The number of carbonyl (C=O) groups excluding carboxylic acids is 1. The molecule has 0 saturated carbocycles. The quantitative estimate of drug-likeness (QED) is 0.534. The van der Waals surface area contributed by atoms with Crippen LogP contribution < -0.4 is 0 Å². The number of Topliss-reactive ketones (excluding diaryl/α,β-unsaturated/α-hetero) is 1. The molecule has 0 radical (unpaired) electrons. The van der Waals surface area contributed by atoms with Gasteiger partial charge in [-0.2, -0.15) is 5.26 Å². The fourth-order valence-electron chi connectivity index (χ4n) is 0.570. The standard InChI is InChI=1S/C6H4N2O2/c1-4(9)6-5(2-7)3-10-8-6/h3H,1H3. The normalized spacial score (nSPS) is 8.80. The first-order chi connectivity index (χ1) is 4.75. The largest absolute Gasteiger partial charge is 0.363 e. The molecule has 1 rings (SSSR count). The Hall–Kier alpha value is -1.63. The molecule has 0 spiro atoms. The van der Waals surface area contributed by atoms with Crippen LogP contribution >= 0.6 is 0 Å². The van der Waals surface area contributed by atoms with Gasteiger partial charge in [-0.15, -0.1) is 0 Å². The van der Waals surface area contributed by atoms with Crippen LogP contribution in [0.1, 0.15) is 23.0 Å². The van der Waals surface area contributed by atoms with Crippen LogP contribution in [0.15, 0.2) is 10.8 Å². The van der Waals surface area contributed by atoms with Crippen LogP contribution in [-0.4, -0.2) is 10.9 Å². The zero-order valence-corrected chi connectivity index (χ0v) is 5.29. The molecular formula is C6H4N2O2. The first kappa shape index (κ1) is 6.49. The molecule has 0 aliphatic rings. The molecule has 4 heteroatoms. The van der Waals surface area contributed by atoms with Crippen molar-refractivity contribution in [2.45, 2.75) is 6.92 Å². The summed E-state index contributed by atoms with van der Waals surface area (Å²) in [4.78, 5) is 10.6. The number of nitrogens with zero attached hydrogens (tertiary/aromatic N) is 2. The van der Waals surface area contributed by atoms with E-state index in [1.54, 1.807) is 6.07 Å². The molecule has 10 heavy (non-hydrogen) atoms. The highest BCUT2D eigenvalue weighted by molar-refractivity contribution is 5.94. The van der Waals surface area contributed by atoms with Gasteiger partial charge in [-0.25, -0.2) is 0 Å². The summed E-state index contributed by atoms with van der Waals surface area (Å²) in [5.41, 5.74) is 0.287. The Labute approximate surface area is 57.0 Å². The highest BCUT2D eigenvalue weighted by Crippen LogP contribution is 2.04. The average Bonchev–Trinajstić information content (AvgIpc) is 2.33. The smallest absolute Gasteiger partial charge is 0.183 e. The Morgan fingerprint density at radius 1 is 1.90 bits per heavy atom. The highest BCUT2D eigenvalue weighted by atomic mass is 16.5. The molecule has 1 aromatic heterocycles. The minimum atomic E-state index is -0.259. The second kappa shape index (κ2) is 2.31. The second-order valence-electron chi connectivity index (χ2n) is 1.74. The zero-order chi connectivity index (χ0) is 7.56. The Bertz CT molecular complexity index is 295. The van der Waals surface area contributed by atoms with Gasteiger partial charge in [-0.1, -0.05) is 5.16 Å². The lowest BCUT2D eigenvalue weighted by molar-refractivity contribution is 0.100. The lowest BCUT2D eigenvalue weighted by atomic mass is 10.2. The molecule has 1 aromatic rings. The molecule has 0 aromatic carbocycles. The van der Waals surface area contributed by atoms with E-state index in [0.717, 1.165) is 6.26 Å². The van der Waals surface area contributed by atoms with Crippen molar-refractivity contribution in [3.63, 3.8) is 0 Å². The minimum absolute atomic E-state index is 0.0995. The van der Waals surface area contributed by atoms with Gasteiger partial charge in [0.2, 0.25) is 0 Å². The predicted molar refractivity (Wildman–Crippen MR) is 31.2 cm³/mol. The molecular weight excluding hydrogens is 132 g/mol. The van der Waals surface area contributed by atoms with Gasteiger partial charge in [0.25, 0.3) is 0 Å². The van der Waals surface area contributed by atoms with Crippen LogP contribution in [0.4, 0.5) is 0 Å². The van der Waals surface area contributed by atoms with Crippen molar-refractivity contribution >= 4 is 5.78 Å².